The summed E-state index contributed by atoms with van der Waals surface area (Å²) >= 11 is 0. The summed E-state index contributed by atoms with van der Waals surface area (Å²) in [6.07, 6.45) is 5.08. The van der Waals surface area contributed by atoms with Gasteiger partial charge in [-0.05, 0) is 24.8 Å². The number of hydrogen-bond donors (Lipinski definition) is 1. The van der Waals surface area contributed by atoms with E-state index in [2.05, 4.69) is 10.2 Å². The highest BCUT2D eigenvalue weighted by Crippen LogP contribution is 2.43. The van der Waals surface area contributed by atoms with Crippen molar-refractivity contribution in [3.63, 3.8) is 0 Å². The first kappa shape index (κ1) is 14.8. The smallest absolute Gasteiger partial charge is 0.165 e. The zero-order valence-corrected chi connectivity index (χ0v) is 12.8. The summed E-state index contributed by atoms with van der Waals surface area (Å²) in [5.74, 6) is 0.819. The van der Waals surface area contributed by atoms with Gasteiger partial charge in [-0.25, -0.2) is 4.39 Å². The van der Waals surface area contributed by atoms with E-state index < -0.39 is 0 Å². The van der Waals surface area contributed by atoms with Crippen molar-refractivity contribution in [2.45, 2.75) is 31.7 Å². The van der Waals surface area contributed by atoms with Crippen LogP contribution in [-0.2, 0) is 0 Å². The molecular formula is C17H25FN2O. The van der Waals surface area contributed by atoms with Crippen molar-refractivity contribution in [1.29, 1.82) is 0 Å². The predicted molar refractivity (Wildman–Crippen MR) is 82.1 cm³/mol. The highest BCUT2D eigenvalue weighted by molar-refractivity contribution is 5.38. The second kappa shape index (κ2) is 6.75. The van der Waals surface area contributed by atoms with E-state index in [1.807, 2.05) is 12.1 Å². The summed E-state index contributed by atoms with van der Waals surface area (Å²) in [5, 5.41) is 3.40. The van der Waals surface area contributed by atoms with Crippen LogP contribution in [0.4, 0.5) is 4.39 Å². The third kappa shape index (κ3) is 3.06. The molecule has 1 saturated carbocycles. The van der Waals surface area contributed by atoms with Crippen molar-refractivity contribution in [3.05, 3.63) is 29.6 Å². The molecule has 0 amide bonds. The van der Waals surface area contributed by atoms with Gasteiger partial charge in [0, 0.05) is 37.8 Å². The number of piperazine rings is 1. The lowest BCUT2D eigenvalue weighted by atomic mass is 9.89. The molecule has 21 heavy (non-hydrogen) atoms. The Kier molecular flexibility index (Phi) is 4.76. The van der Waals surface area contributed by atoms with Crippen LogP contribution in [0.25, 0.3) is 0 Å². The molecule has 1 heterocycles. The summed E-state index contributed by atoms with van der Waals surface area (Å²) in [6, 6.07) is 5.65. The molecule has 0 unspecified atom stereocenters. The maximum atomic E-state index is 14.1. The van der Waals surface area contributed by atoms with E-state index in [1.54, 1.807) is 7.11 Å². The van der Waals surface area contributed by atoms with E-state index in [0.29, 0.717) is 17.7 Å². The van der Waals surface area contributed by atoms with Crippen molar-refractivity contribution >= 4 is 0 Å². The second-order valence-corrected chi connectivity index (χ2v) is 6.14. The van der Waals surface area contributed by atoms with Gasteiger partial charge in [-0.3, -0.25) is 4.90 Å². The molecule has 1 aromatic carbocycles. The molecule has 0 radical (unpaired) electrons. The van der Waals surface area contributed by atoms with Crippen molar-refractivity contribution in [3.8, 4) is 5.75 Å². The van der Waals surface area contributed by atoms with Gasteiger partial charge in [0.1, 0.15) is 0 Å². The molecule has 2 aliphatic rings. The minimum atomic E-state index is -0.242. The number of ether oxygens (including phenoxy) is 1. The Morgan fingerprint density at radius 1 is 1.24 bits per heavy atom. The van der Waals surface area contributed by atoms with Crippen LogP contribution in [0.3, 0.4) is 0 Å². The minimum absolute atomic E-state index is 0.242. The molecule has 1 saturated heterocycles. The summed E-state index contributed by atoms with van der Waals surface area (Å²) in [4.78, 5) is 2.52. The summed E-state index contributed by atoms with van der Waals surface area (Å²) < 4.78 is 19.5. The standard InChI is InChI=1S/C17H25FN2O/c1-21-17-14(7-4-8-15(17)18)16(13-5-2-3-6-13)20-11-9-19-10-12-20/h4,7-8,13,16,19H,2-3,5-6,9-12H2,1H3/t16-/m0/s1. The number of rotatable bonds is 4. The number of nitrogens with one attached hydrogen (secondary N) is 1. The first-order valence-corrected chi connectivity index (χ1v) is 8.08. The number of benzene rings is 1. The molecule has 4 heteroatoms. The van der Waals surface area contributed by atoms with Crippen LogP contribution >= 0.6 is 0 Å². The first-order chi connectivity index (χ1) is 10.3. The molecule has 1 N–H and O–H groups in total. The summed E-state index contributed by atoms with van der Waals surface area (Å²) in [7, 11) is 1.57. The summed E-state index contributed by atoms with van der Waals surface area (Å²) in [5.41, 5.74) is 1.03. The van der Waals surface area contributed by atoms with Gasteiger partial charge in [0.05, 0.1) is 7.11 Å². The maximum absolute atomic E-state index is 14.1. The van der Waals surface area contributed by atoms with Gasteiger partial charge in [-0.15, -0.1) is 0 Å². The number of methoxy groups -OCH3 is 1. The van der Waals surface area contributed by atoms with Gasteiger partial charge < -0.3 is 10.1 Å². The number of hydrogen-bond acceptors (Lipinski definition) is 3. The second-order valence-electron chi connectivity index (χ2n) is 6.14. The van der Waals surface area contributed by atoms with E-state index in [1.165, 1.54) is 31.7 Å². The normalized spacial score (nSPS) is 22.4. The Balaban J connectivity index is 1.95. The molecule has 3 rings (SSSR count). The average molecular weight is 292 g/mol. The van der Waals surface area contributed by atoms with Crippen LogP contribution in [0, 0.1) is 11.7 Å². The SMILES string of the molecule is COc1c(F)cccc1[C@H](C1CCCC1)N1CCNCC1. The fraction of sp³-hybridized carbons (Fsp3) is 0.647. The molecule has 1 aliphatic carbocycles. The first-order valence-electron chi connectivity index (χ1n) is 8.08. The van der Waals surface area contributed by atoms with E-state index >= 15 is 0 Å². The zero-order valence-electron chi connectivity index (χ0n) is 12.8. The molecular weight excluding hydrogens is 267 g/mol. The number of nitrogens with zero attached hydrogens (tertiary/aromatic N) is 1. The van der Waals surface area contributed by atoms with Crippen molar-refractivity contribution < 1.29 is 9.13 Å². The predicted octanol–water partition coefficient (Wildman–Crippen LogP) is 2.97. The molecule has 0 bridgehead atoms. The number of para-hydroxylation sites is 1. The Hall–Kier alpha value is -1.13. The molecule has 1 aliphatic heterocycles. The van der Waals surface area contributed by atoms with Gasteiger partial charge >= 0.3 is 0 Å². The van der Waals surface area contributed by atoms with Crippen LogP contribution in [0.1, 0.15) is 37.3 Å². The van der Waals surface area contributed by atoms with Gasteiger partial charge in [-0.1, -0.05) is 25.0 Å². The Morgan fingerprint density at radius 3 is 2.62 bits per heavy atom. The van der Waals surface area contributed by atoms with Crippen LogP contribution in [0.5, 0.6) is 5.75 Å². The molecule has 3 nitrogen and oxygen atoms in total. The van der Waals surface area contributed by atoms with E-state index in [9.17, 15) is 4.39 Å². The van der Waals surface area contributed by atoms with Crippen molar-refractivity contribution in [2.24, 2.45) is 5.92 Å². The molecule has 0 spiro atoms. The fourth-order valence-corrected chi connectivity index (χ4v) is 3.96. The summed E-state index contributed by atoms with van der Waals surface area (Å²) in [6.45, 7) is 4.09. The molecule has 116 valence electrons. The lowest BCUT2D eigenvalue weighted by Gasteiger charge is -2.39. The maximum Gasteiger partial charge on any atom is 0.165 e. The minimum Gasteiger partial charge on any atom is -0.493 e. The van der Waals surface area contributed by atoms with Gasteiger partial charge in [0.15, 0.2) is 11.6 Å². The fourth-order valence-electron chi connectivity index (χ4n) is 3.96. The van der Waals surface area contributed by atoms with Crippen LogP contribution in [0.15, 0.2) is 18.2 Å². The monoisotopic (exact) mass is 292 g/mol. The molecule has 1 aromatic rings. The number of halogens is 1. The topological polar surface area (TPSA) is 24.5 Å². The Bertz CT molecular complexity index is 468. The van der Waals surface area contributed by atoms with Gasteiger partial charge in [0.2, 0.25) is 0 Å². The average Bonchev–Trinajstić information content (AvgIpc) is 3.03. The highest BCUT2D eigenvalue weighted by atomic mass is 19.1. The van der Waals surface area contributed by atoms with Crippen LogP contribution in [0.2, 0.25) is 0 Å². The Morgan fingerprint density at radius 2 is 1.95 bits per heavy atom. The third-order valence-corrected chi connectivity index (χ3v) is 4.91. The van der Waals surface area contributed by atoms with Crippen LogP contribution < -0.4 is 10.1 Å². The van der Waals surface area contributed by atoms with Crippen LogP contribution in [-0.4, -0.2) is 38.2 Å². The van der Waals surface area contributed by atoms with E-state index in [-0.39, 0.29) is 5.82 Å². The highest BCUT2D eigenvalue weighted by Gasteiger charge is 2.34. The lowest BCUT2D eigenvalue weighted by molar-refractivity contribution is 0.122. The third-order valence-electron chi connectivity index (χ3n) is 4.91. The molecule has 0 aromatic heterocycles. The largest absolute Gasteiger partial charge is 0.493 e. The molecule has 1 atom stereocenters. The van der Waals surface area contributed by atoms with Gasteiger partial charge in [-0.2, -0.15) is 0 Å². The van der Waals surface area contributed by atoms with Gasteiger partial charge in [0.25, 0.3) is 0 Å². The Labute approximate surface area is 126 Å². The van der Waals surface area contributed by atoms with Crippen molar-refractivity contribution in [2.75, 3.05) is 33.3 Å². The molecule has 2 fully saturated rings. The quantitative estimate of drug-likeness (QED) is 0.923. The van der Waals surface area contributed by atoms with Crippen molar-refractivity contribution in [1.82, 2.24) is 10.2 Å². The van der Waals surface area contributed by atoms with E-state index in [0.717, 1.165) is 31.7 Å². The zero-order chi connectivity index (χ0) is 14.7. The van der Waals surface area contributed by atoms with E-state index in [4.69, 9.17) is 4.74 Å². The lowest BCUT2D eigenvalue weighted by Crippen LogP contribution is -2.46.